The number of rotatable bonds is 3. The fourth-order valence-electron chi connectivity index (χ4n) is 2.70. The molecule has 0 saturated carbocycles. The monoisotopic (exact) mass is 341 g/mol. The summed E-state index contributed by atoms with van der Waals surface area (Å²) >= 11 is 3.41. The maximum absolute atomic E-state index is 9.63. The van der Waals surface area contributed by atoms with Crippen molar-refractivity contribution in [3.8, 4) is 0 Å². The van der Waals surface area contributed by atoms with Crippen molar-refractivity contribution in [1.29, 1.82) is 0 Å². The van der Waals surface area contributed by atoms with Crippen molar-refractivity contribution in [2.45, 2.75) is 31.7 Å². The average Bonchev–Trinajstić information content (AvgIpc) is 2.71. The van der Waals surface area contributed by atoms with Gasteiger partial charge in [0.15, 0.2) is 5.84 Å². The van der Waals surface area contributed by atoms with E-state index in [2.05, 4.69) is 26.0 Å². The standard InChI is InChI=1S/C14H20BrN3O2/c15-10-5-6-13(12(8-10)14(16)17-20)18-7-3-1-2-4-11(18)9-19/h5-6,8,11,19-20H,1-4,7,9H2,(H2,16,17). The summed E-state index contributed by atoms with van der Waals surface area (Å²) in [6, 6.07) is 5.81. The highest BCUT2D eigenvalue weighted by Crippen LogP contribution is 2.29. The van der Waals surface area contributed by atoms with E-state index in [0.29, 0.717) is 5.56 Å². The summed E-state index contributed by atoms with van der Waals surface area (Å²) in [7, 11) is 0. The molecule has 0 radical (unpaired) electrons. The number of halogens is 1. The maximum atomic E-state index is 9.63. The lowest BCUT2D eigenvalue weighted by Gasteiger charge is -2.32. The normalized spacial score (nSPS) is 20.8. The molecule has 0 bridgehead atoms. The second-order valence-electron chi connectivity index (χ2n) is 5.03. The van der Waals surface area contributed by atoms with Crippen LogP contribution in [0.4, 0.5) is 5.69 Å². The minimum atomic E-state index is 0.0854. The van der Waals surface area contributed by atoms with Crippen molar-refractivity contribution in [2.24, 2.45) is 10.9 Å². The molecule has 0 aliphatic carbocycles. The van der Waals surface area contributed by atoms with Crippen LogP contribution in [0.5, 0.6) is 0 Å². The summed E-state index contributed by atoms with van der Waals surface area (Å²) in [6.45, 7) is 0.990. The van der Waals surface area contributed by atoms with Crippen LogP contribution in [0.15, 0.2) is 27.8 Å². The molecule has 4 N–H and O–H groups in total. The highest BCUT2D eigenvalue weighted by molar-refractivity contribution is 9.10. The number of oxime groups is 1. The summed E-state index contributed by atoms with van der Waals surface area (Å²) in [5.41, 5.74) is 7.38. The SMILES string of the molecule is N/C(=N/O)c1cc(Br)ccc1N1CCCCCC1CO. The zero-order valence-corrected chi connectivity index (χ0v) is 12.9. The molecule has 0 spiro atoms. The molecule has 1 saturated heterocycles. The molecule has 1 fully saturated rings. The number of aliphatic hydroxyl groups is 1. The quantitative estimate of drug-likeness (QED) is 0.341. The smallest absolute Gasteiger partial charge is 0.172 e. The second-order valence-corrected chi connectivity index (χ2v) is 5.94. The lowest BCUT2D eigenvalue weighted by Crippen LogP contribution is -2.38. The van der Waals surface area contributed by atoms with Gasteiger partial charge in [0.1, 0.15) is 0 Å². The van der Waals surface area contributed by atoms with Gasteiger partial charge in [-0.25, -0.2) is 0 Å². The van der Waals surface area contributed by atoms with E-state index >= 15 is 0 Å². The first-order chi connectivity index (χ1) is 9.67. The number of nitrogens with two attached hydrogens (primary N) is 1. The second kappa shape index (κ2) is 6.95. The molecule has 110 valence electrons. The van der Waals surface area contributed by atoms with Crippen LogP contribution in [-0.4, -0.2) is 35.3 Å². The Labute approximate surface area is 127 Å². The van der Waals surface area contributed by atoms with Crippen LogP contribution < -0.4 is 10.6 Å². The van der Waals surface area contributed by atoms with Crippen LogP contribution >= 0.6 is 15.9 Å². The molecule has 0 aromatic heterocycles. The summed E-state index contributed by atoms with van der Waals surface area (Å²) < 4.78 is 0.873. The highest BCUT2D eigenvalue weighted by atomic mass is 79.9. The number of hydrogen-bond acceptors (Lipinski definition) is 4. The first kappa shape index (κ1) is 15.1. The maximum Gasteiger partial charge on any atom is 0.172 e. The zero-order chi connectivity index (χ0) is 14.5. The van der Waals surface area contributed by atoms with Crippen molar-refractivity contribution in [1.82, 2.24) is 0 Å². The molecule has 1 aromatic rings. The number of aliphatic hydroxyl groups excluding tert-OH is 1. The van der Waals surface area contributed by atoms with Gasteiger partial charge in [0.25, 0.3) is 0 Å². The summed E-state index contributed by atoms with van der Waals surface area (Å²) in [4.78, 5) is 2.17. The van der Waals surface area contributed by atoms with Gasteiger partial charge in [0.05, 0.1) is 12.6 Å². The van der Waals surface area contributed by atoms with Crippen LogP contribution in [0, 0.1) is 0 Å². The Morgan fingerprint density at radius 3 is 2.90 bits per heavy atom. The van der Waals surface area contributed by atoms with Crippen LogP contribution in [0.3, 0.4) is 0 Å². The molecule has 20 heavy (non-hydrogen) atoms. The predicted molar refractivity (Wildman–Crippen MR) is 83.3 cm³/mol. The van der Waals surface area contributed by atoms with Gasteiger partial charge in [0.2, 0.25) is 0 Å². The van der Waals surface area contributed by atoms with Gasteiger partial charge in [-0.2, -0.15) is 0 Å². The van der Waals surface area contributed by atoms with E-state index in [9.17, 15) is 5.11 Å². The molecular weight excluding hydrogens is 322 g/mol. The van der Waals surface area contributed by atoms with Crippen LogP contribution in [0.1, 0.15) is 31.2 Å². The van der Waals surface area contributed by atoms with Crippen molar-refractivity contribution in [2.75, 3.05) is 18.1 Å². The van der Waals surface area contributed by atoms with Gasteiger partial charge in [0, 0.05) is 22.3 Å². The Morgan fingerprint density at radius 1 is 1.40 bits per heavy atom. The van der Waals surface area contributed by atoms with E-state index in [1.165, 1.54) is 6.42 Å². The minimum Gasteiger partial charge on any atom is -0.409 e. The van der Waals surface area contributed by atoms with E-state index in [-0.39, 0.29) is 18.5 Å². The van der Waals surface area contributed by atoms with Crippen LogP contribution in [0.2, 0.25) is 0 Å². The number of benzene rings is 1. The number of hydrogen-bond donors (Lipinski definition) is 3. The lowest BCUT2D eigenvalue weighted by atomic mass is 10.1. The minimum absolute atomic E-state index is 0.0854. The molecule has 5 nitrogen and oxygen atoms in total. The Kier molecular flexibility index (Phi) is 5.25. The molecule has 1 aliphatic rings. The van der Waals surface area contributed by atoms with Crippen molar-refractivity contribution >= 4 is 27.5 Å². The van der Waals surface area contributed by atoms with Crippen molar-refractivity contribution < 1.29 is 10.3 Å². The van der Waals surface area contributed by atoms with Gasteiger partial charge < -0.3 is 20.9 Å². The summed E-state index contributed by atoms with van der Waals surface area (Å²) in [5.74, 6) is 0.0854. The fraction of sp³-hybridized carbons (Fsp3) is 0.500. The van der Waals surface area contributed by atoms with E-state index in [4.69, 9.17) is 10.9 Å². The third-order valence-electron chi connectivity index (χ3n) is 3.74. The molecule has 2 rings (SSSR count). The molecule has 1 aromatic carbocycles. The highest BCUT2D eigenvalue weighted by Gasteiger charge is 2.23. The first-order valence-corrected chi connectivity index (χ1v) is 7.61. The van der Waals surface area contributed by atoms with Gasteiger partial charge in [-0.05, 0) is 31.0 Å². The zero-order valence-electron chi connectivity index (χ0n) is 11.3. The largest absolute Gasteiger partial charge is 0.409 e. The third kappa shape index (κ3) is 3.24. The molecule has 0 amide bonds. The van der Waals surface area contributed by atoms with Crippen LogP contribution in [0.25, 0.3) is 0 Å². The van der Waals surface area contributed by atoms with E-state index in [0.717, 1.165) is 36.0 Å². The van der Waals surface area contributed by atoms with Gasteiger partial charge in [-0.1, -0.05) is 33.9 Å². The molecule has 6 heteroatoms. The Hall–Kier alpha value is -1.27. The van der Waals surface area contributed by atoms with E-state index < -0.39 is 0 Å². The van der Waals surface area contributed by atoms with E-state index in [1.807, 2.05) is 18.2 Å². The topological polar surface area (TPSA) is 82.1 Å². The molecular formula is C14H20BrN3O2. The van der Waals surface area contributed by atoms with Gasteiger partial charge in [-0.3, -0.25) is 0 Å². The van der Waals surface area contributed by atoms with Gasteiger partial charge >= 0.3 is 0 Å². The van der Waals surface area contributed by atoms with Crippen molar-refractivity contribution in [3.63, 3.8) is 0 Å². The van der Waals surface area contributed by atoms with Crippen LogP contribution in [-0.2, 0) is 0 Å². The van der Waals surface area contributed by atoms with Crippen molar-refractivity contribution in [3.05, 3.63) is 28.2 Å². The molecule has 1 aliphatic heterocycles. The average molecular weight is 342 g/mol. The molecule has 1 atom stereocenters. The number of nitrogens with zero attached hydrogens (tertiary/aromatic N) is 2. The summed E-state index contributed by atoms with van der Waals surface area (Å²) in [5, 5.41) is 21.7. The summed E-state index contributed by atoms with van der Waals surface area (Å²) in [6.07, 6.45) is 4.34. The number of amidine groups is 1. The lowest BCUT2D eigenvalue weighted by molar-refractivity contribution is 0.255. The Morgan fingerprint density at radius 2 is 2.20 bits per heavy atom. The molecule has 1 unspecified atom stereocenters. The fourth-order valence-corrected chi connectivity index (χ4v) is 3.06. The Bertz CT molecular complexity index is 493. The predicted octanol–water partition coefficient (Wildman–Crippen LogP) is 2.28. The molecule has 1 heterocycles. The first-order valence-electron chi connectivity index (χ1n) is 6.82. The third-order valence-corrected chi connectivity index (χ3v) is 4.23. The van der Waals surface area contributed by atoms with E-state index in [1.54, 1.807) is 0 Å². The van der Waals surface area contributed by atoms with Gasteiger partial charge in [-0.15, -0.1) is 0 Å². The Balaban J connectivity index is 2.43. The number of anilines is 1.